The fourth-order valence-corrected chi connectivity index (χ4v) is 1.47. The van der Waals surface area contributed by atoms with Gasteiger partial charge in [-0.1, -0.05) is 18.2 Å². The normalized spacial score (nSPS) is 11.2. The molecule has 5 nitrogen and oxygen atoms in total. The second kappa shape index (κ2) is 4.22. The number of rotatable bonds is 4. The van der Waals surface area contributed by atoms with Crippen molar-refractivity contribution in [3.63, 3.8) is 0 Å². The van der Waals surface area contributed by atoms with Gasteiger partial charge in [-0.3, -0.25) is 4.72 Å². The molecule has 0 unspecified atom stereocenters. The summed E-state index contributed by atoms with van der Waals surface area (Å²) in [5, 5.41) is 8.35. The molecule has 3 N–H and O–H groups in total. The smallest absolute Gasteiger partial charge is 0.301 e. The van der Waals surface area contributed by atoms with Crippen LogP contribution in [0.15, 0.2) is 30.3 Å². The highest BCUT2D eigenvalue weighted by molar-refractivity contribution is 7.90. The third-order valence-electron chi connectivity index (χ3n) is 1.28. The molecule has 1 rings (SSSR count). The van der Waals surface area contributed by atoms with Crippen molar-refractivity contribution in [2.75, 3.05) is 11.5 Å². The Kier molecular flexibility index (Phi) is 3.24. The first kappa shape index (κ1) is 9.97. The highest BCUT2D eigenvalue weighted by Gasteiger charge is 2.06. The van der Waals surface area contributed by atoms with Crippen molar-refractivity contribution in [3.05, 3.63) is 30.3 Å². The number of nitrogens with one attached hydrogen (secondary N) is 2. The fraction of sp³-hybridized carbons (Fsp3) is 0.143. The molecule has 0 aliphatic carbocycles. The molecular weight excluding hydrogens is 192 g/mol. The summed E-state index contributed by atoms with van der Waals surface area (Å²) < 4.78 is 26.1. The van der Waals surface area contributed by atoms with Gasteiger partial charge in [0.25, 0.3) is 0 Å². The molecule has 0 saturated heterocycles. The molecule has 0 bridgehead atoms. The minimum Gasteiger partial charge on any atom is -0.380 e. The third-order valence-corrected chi connectivity index (χ3v) is 2.29. The lowest BCUT2D eigenvalue weighted by molar-refractivity contribution is 0.289. The summed E-state index contributed by atoms with van der Waals surface area (Å²) in [6, 6.07) is 8.40. The Bertz CT molecular complexity index is 349. The first-order chi connectivity index (χ1) is 6.14. The van der Waals surface area contributed by atoms with E-state index in [1.54, 1.807) is 30.3 Å². The van der Waals surface area contributed by atoms with Crippen LogP contribution in [0.5, 0.6) is 0 Å². The van der Waals surface area contributed by atoms with Gasteiger partial charge in [0, 0.05) is 5.69 Å². The fourth-order valence-electron chi connectivity index (χ4n) is 0.782. The van der Waals surface area contributed by atoms with E-state index in [-0.39, 0.29) is 0 Å². The molecule has 0 saturated carbocycles. The predicted octanol–water partition coefficient (Wildman–Crippen LogP) is -0.117. The molecule has 0 amide bonds. The van der Waals surface area contributed by atoms with Crippen molar-refractivity contribution in [1.29, 1.82) is 0 Å². The van der Waals surface area contributed by atoms with E-state index in [1.165, 1.54) is 0 Å². The van der Waals surface area contributed by atoms with E-state index < -0.39 is 16.9 Å². The Balaban J connectivity index is 2.70. The topological polar surface area (TPSA) is 78.4 Å². The molecule has 0 radical (unpaired) electrons. The van der Waals surface area contributed by atoms with Crippen LogP contribution in [0.1, 0.15) is 0 Å². The van der Waals surface area contributed by atoms with E-state index in [2.05, 4.69) is 4.72 Å². The molecule has 13 heavy (non-hydrogen) atoms. The monoisotopic (exact) mass is 202 g/mol. The van der Waals surface area contributed by atoms with Gasteiger partial charge < -0.3 is 5.11 Å². The van der Waals surface area contributed by atoms with Crippen LogP contribution in [0.25, 0.3) is 0 Å². The van der Waals surface area contributed by atoms with Crippen LogP contribution in [0.2, 0.25) is 0 Å². The van der Waals surface area contributed by atoms with Crippen molar-refractivity contribution >= 4 is 15.9 Å². The molecule has 72 valence electrons. The average molecular weight is 202 g/mol. The Hall–Kier alpha value is -1.11. The van der Waals surface area contributed by atoms with Crippen LogP contribution in [0.4, 0.5) is 5.69 Å². The van der Waals surface area contributed by atoms with Crippen molar-refractivity contribution in [1.82, 2.24) is 4.72 Å². The van der Waals surface area contributed by atoms with E-state index in [0.29, 0.717) is 5.69 Å². The number of hydrogen-bond donors (Lipinski definition) is 3. The number of hydrogen-bond acceptors (Lipinski definition) is 3. The van der Waals surface area contributed by atoms with Crippen LogP contribution in [0.3, 0.4) is 0 Å². The molecule has 0 aliphatic heterocycles. The molecule has 6 heteroatoms. The number of aliphatic hydroxyl groups is 1. The third kappa shape index (κ3) is 3.41. The summed E-state index contributed by atoms with van der Waals surface area (Å²) in [5.41, 5.74) is 0.448. The molecule has 0 spiro atoms. The number of anilines is 1. The van der Waals surface area contributed by atoms with Crippen molar-refractivity contribution < 1.29 is 13.5 Å². The molecule has 1 aromatic carbocycles. The quantitative estimate of drug-likeness (QED) is 0.596. The molecule has 1 aromatic rings. The molecule has 0 heterocycles. The Morgan fingerprint density at radius 1 is 1.23 bits per heavy atom. The standard InChI is InChI=1S/C7H10N2O3S/c10-6-8-13(11,12)9-7-4-2-1-3-5-7/h1-5,8-10H,6H2. The largest absolute Gasteiger partial charge is 0.380 e. The van der Waals surface area contributed by atoms with Gasteiger partial charge in [-0.2, -0.15) is 13.1 Å². The summed E-state index contributed by atoms with van der Waals surface area (Å²) in [5.74, 6) is 0. The highest BCUT2D eigenvalue weighted by atomic mass is 32.2. The van der Waals surface area contributed by atoms with Gasteiger partial charge >= 0.3 is 10.2 Å². The highest BCUT2D eigenvalue weighted by Crippen LogP contribution is 2.05. The van der Waals surface area contributed by atoms with Gasteiger partial charge in [-0.25, -0.2) is 0 Å². The van der Waals surface area contributed by atoms with Gasteiger partial charge in [-0.15, -0.1) is 0 Å². The zero-order chi connectivity index (χ0) is 9.73. The average Bonchev–Trinajstić information content (AvgIpc) is 2.04. The minimum absolute atomic E-state index is 0.448. The maximum absolute atomic E-state index is 11.0. The van der Waals surface area contributed by atoms with Crippen LogP contribution in [-0.2, 0) is 10.2 Å². The number of benzene rings is 1. The second-order valence-corrected chi connectivity index (χ2v) is 3.77. The number of aliphatic hydroxyl groups excluding tert-OH is 1. The first-order valence-corrected chi connectivity index (χ1v) is 5.06. The lowest BCUT2D eigenvalue weighted by Gasteiger charge is -2.06. The summed E-state index contributed by atoms with van der Waals surface area (Å²) >= 11 is 0. The molecule has 0 aliphatic rings. The summed E-state index contributed by atoms with van der Waals surface area (Å²) in [4.78, 5) is 0. The summed E-state index contributed by atoms with van der Waals surface area (Å²) in [6.07, 6.45) is 0. The van der Waals surface area contributed by atoms with Crippen LogP contribution >= 0.6 is 0 Å². The maximum Gasteiger partial charge on any atom is 0.301 e. The Morgan fingerprint density at radius 3 is 2.38 bits per heavy atom. The van der Waals surface area contributed by atoms with Gasteiger partial charge in [0.05, 0.1) is 0 Å². The second-order valence-electron chi connectivity index (χ2n) is 2.27. The van der Waals surface area contributed by atoms with Crippen molar-refractivity contribution in [3.8, 4) is 0 Å². The zero-order valence-corrected chi connectivity index (χ0v) is 7.58. The van der Waals surface area contributed by atoms with E-state index in [1.807, 2.05) is 4.72 Å². The Morgan fingerprint density at radius 2 is 1.85 bits per heavy atom. The maximum atomic E-state index is 11.0. The molecule has 0 fully saturated rings. The van der Waals surface area contributed by atoms with Crippen molar-refractivity contribution in [2.24, 2.45) is 0 Å². The van der Waals surface area contributed by atoms with Crippen molar-refractivity contribution in [2.45, 2.75) is 0 Å². The first-order valence-electron chi connectivity index (χ1n) is 3.57. The number of para-hydroxylation sites is 1. The van der Waals surface area contributed by atoms with Crippen LogP contribution in [-0.4, -0.2) is 20.3 Å². The minimum atomic E-state index is -3.63. The van der Waals surface area contributed by atoms with E-state index >= 15 is 0 Å². The van der Waals surface area contributed by atoms with Crippen LogP contribution < -0.4 is 9.44 Å². The predicted molar refractivity (Wildman–Crippen MR) is 49.2 cm³/mol. The van der Waals surface area contributed by atoms with E-state index in [9.17, 15) is 8.42 Å². The zero-order valence-electron chi connectivity index (χ0n) is 6.77. The lowest BCUT2D eigenvalue weighted by atomic mass is 10.3. The van der Waals surface area contributed by atoms with E-state index in [0.717, 1.165) is 0 Å². The van der Waals surface area contributed by atoms with Crippen LogP contribution in [0, 0.1) is 0 Å². The van der Waals surface area contributed by atoms with E-state index in [4.69, 9.17) is 5.11 Å². The van der Waals surface area contributed by atoms with Gasteiger partial charge in [-0.05, 0) is 12.1 Å². The summed E-state index contributed by atoms with van der Waals surface area (Å²) in [6.45, 7) is -0.623. The van der Waals surface area contributed by atoms with Gasteiger partial charge in [0.15, 0.2) is 0 Å². The SMILES string of the molecule is O=S(=O)(NCO)Nc1ccccc1. The Labute approximate surface area is 76.6 Å². The van der Waals surface area contributed by atoms with Gasteiger partial charge in [0.1, 0.15) is 6.73 Å². The summed E-state index contributed by atoms with van der Waals surface area (Å²) in [7, 11) is -3.63. The molecular formula is C7H10N2O3S. The van der Waals surface area contributed by atoms with Gasteiger partial charge in [0.2, 0.25) is 0 Å². The molecule has 0 aromatic heterocycles. The molecule has 0 atom stereocenters. The lowest BCUT2D eigenvalue weighted by Crippen LogP contribution is -2.30.